The van der Waals surface area contributed by atoms with Gasteiger partial charge in [0.2, 0.25) is 0 Å². The lowest BCUT2D eigenvalue weighted by Gasteiger charge is -2.16. The Morgan fingerprint density at radius 3 is 1.10 bits per heavy atom. The van der Waals surface area contributed by atoms with Gasteiger partial charge >= 0.3 is 0 Å². The highest BCUT2D eigenvalue weighted by molar-refractivity contribution is 4.61. The largest absolute Gasteiger partial charge is 0.0654 e. The Bertz CT molecular complexity index is 147. The highest BCUT2D eigenvalue weighted by Gasteiger charge is 2.08. The third kappa shape index (κ3) is 14.4. The summed E-state index contributed by atoms with van der Waals surface area (Å²) in [5.74, 6) is 1.05. The number of rotatable bonds is 16. The van der Waals surface area contributed by atoms with Crippen molar-refractivity contribution >= 4 is 0 Å². The number of unbranched alkanes of at least 4 members (excludes halogenated alkanes) is 10. The molecule has 0 bridgehead atoms. The van der Waals surface area contributed by atoms with Crippen LogP contribution in [0.1, 0.15) is 124 Å². The molecular formula is C20H42. The van der Waals surface area contributed by atoms with Gasteiger partial charge in [-0.1, -0.05) is 124 Å². The normalized spacial score (nSPS) is 11.4. The van der Waals surface area contributed by atoms with Crippen molar-refractivity contribution in [3.05, 3.63) is 0 Å². The van der Waals surface area contributed by atoms with Crippen LogP contribution in [0.2, 0.25) is 0 Å². The van der Waals surface area contributed by atoms with Crippen LogP contribution < -0.4 is 0 Å². The molecule has 0 rings (SSSR count). The average molecular weight is 283 g/mol. The summed E-state index contributed by atoms with van der Waals surface area (Å²) in [5, 5.41) is 0. The van der Waals surface area contributed by atoms with Crippen molar-refractivity contribution in [1.29, 1.82) is 0 Å². The van der Waals surface area contributed by atoms with Crippen molar-refractivity contribution in [2.45, 2.75) is 124 Å². The molecule has 0 radical (unpaired) electrons. The molecule has 20 heavy (non-hydrogen) atoms. The first kappa shape index (κ1) is 20.0. The highest BCUT2D eigenvalue weighted by Crippen LogP contribution is 2.24. The summed E-state index contributed by atoms with van der Waals surface area (Å²) in [6.45, 7) is 6.94. The lowest BCUT2D eigenvalue weighted by Crippen LogP contribution is -2.01. The van der Waals surface area contributed by atoms with Crippen molar-refractivity contribution in [2.24, 2.45) is 5.92 Å². The Hall–Kier alpha value is 0. The van der Waals surface area contributed by atoms with Crippen LogP contribution in [-0.2, 0) is 0 Å². The van der Waals surface area contributed by atoms with Crippen molar-refractivity contribution in [1.82, 2.24) is 0 Å². The van der Waals surface area contributed by atoms with E-state index in [1.54, 1.807) is 0 Å². The maximum Gasteiger partial charge on any atom is -0.0414 e. The van der Waals surface area contributed by atoms with Crippen LogP contribution in [0, 0.1) is 5.92 Å². The van der Waals surface area contributed by atoms with Gasteiger partial charge in [0.05, 0.1) is 0 Å². The van der Waals surface area contributed by atoms with Crippen LogP contribution in [0.25, 0.3) is 0 Å². The Balaban J connectivity index is 3.64. The lowest BCUT2D eigenvalue weighted by atomic mass is 9.90. The van der Waals surface area contributed by atoms with Gasteiger partial charge < -0.3 is 0 Å². The van der Waals surface area contributed by atoms with E-state index in [9.17, 15) is 0 Å². The van der Waals surface area contributed by atoms with E-state index < -0.39 is 0 Å². The van der Waals surface area contributed by atoms with Crippen molar-refractivity contribution in [3.8, 4) is 0 Å². The Kier molecular flexibility index (Phi) is 17.1. The van der Waals surface area contributed by atoms with Gasteiger partial charge in [-0.15, -0.1) is 0 Å². The molecule has 0 heteroatoms. The Morgan fingerprint density at radius 2 is 0.700 bits per heavy atom. The molecule has 122 valence electrons. The molecule has 0 fully saturated rings. The van der Waals surface area contributed by atoms with Gasteiger partial charge in [0.15, 0.2) is 0 Å². The van der Waals surface area contributed by atoms with E-state index in [1.807, 2.05) is 0 Å². The van der Waals surface area contributed by atoms with Gasteiger partial charge in [0.1, 0.15) is 0 Å². The monoisotopic (exact) mass is 282 g/mol. The Labute approximate surface area is 130 Å². The predicted molar refractivity (Wildman–Crippen MR) is 94.4 cm³/mol. The van der Waals surface area contributed by atoms with Crippen LogP contribution in [0.3, 0.4) is 0 Å². The molecule has 0 spiro atoms. The molecule has 0 unspecified atom stereocenters. The molecule has 0 heterocycles. The molecule has 0 nitrogen and oxygen atoms in total. The minimum atomic E-state index is 1.05. The zero-order valence-electron chi connectivity index (χ0n) is 14.9. The fourth-order valence-corrected chi connectivity index (χ4v) is 3.19. The second-order valence-corrected chi connectivity index (χ2v) is 6.77. The summed E-state index contributed by atoms with van der Waals surface area (Å²) < 4.78 is 0. The predicted octanol–water partition coefficient (Wildman–Crippen LogP) is 7.90. The van der Waals surface area contributed by atoms with E-state index in [0.29, 0.717) is 0 Å². The highest BCUT2D eigenvalue weighted by atomic mass is 14.1. The van der Waals surface area contributed by atoms with Crippen LogP contribution in [0.4, 0.5) is 0 Å². The molecular weight excluding hydrogens is 240 g/mol. The van der Waals surface area contributed by atoms with Crippen LogP contribution >= 0.6 is 0 Å². The van der Waals surface area contributed by atoms with Crippen molar-refractivity contribution < 1.29 is 0 Å². The van der Waals surface area contributed by atoms with E-state index in [4.69, 9.17) is 0 Å². The van der Waals surface area contributed by atoms with E-state index >= 15 is 0 Å². The topological polar surface area (TPSA) is 0 Å². The first-order valence-corrected chi connectivity index (χ1v) is 9.85. The summed E-state index contributed by atoms with van der Waals surface area (Å²) in [6, 6.07) is 0. The van der Waals surface area contributed by atoms with E-state index in [0.717, 1.165) is 5.92 Å². The van der Waals surface area contributed by atoms with Crippen LogP contribution in [0.5, 0.6) is 0 Å². The van der Waals surface area contributed by atoms with Crippen LogP contribution in [-0.4, -0.2) is 0 Å². The molecule has 0 atom stereocenters. The number of hydrogen-bond donors (Lipinski definition) is 0. The summed E-state index contributed by atoms with van der Waals surface area (Å²) in [5.41, 5.74) is 0. The minimum Gasteiger partial charge on any atom is -0.0654 e. The van der Waals surface area contributed by atoms with Gasteiger partial charge in [-0.25, -0.2) is 0 Å². The second-order valence-electron chi connectivity index (χ2n) is 6.77. The van der Waals surface area contributed by atoms with Crippen molar-refractivity contribution in [3.63, 3.8) is 0 Å². The van der Waals surface area contributed by atoms with Gasteiger partial charge in [0, 0.05) is 0 Å². The smallest absolute Gasteiger partial charge is 0.0414 e. The van der Waals surface area contributed by atoms with Crippen molar-refractivity contribution in [2.75, 3.05) is 0 Å². The molecule has 0 aliphatic rings. The van der Waals surface area contributed by atoms with E-state index in [-0.39, 0.29) is 0 Å². The summed E-state index contributed by atoms with van der Waals surface area (Å²) in [7, 11) is 0. The zero-order valence-corrected chi connectivity index (χ0v) is 14.9. The second kappa shape index (κ2) is 17.1. The quantitative estimate of drug-likeness (QED) is 0.252. The molecule has 0 aliphatic heterocycles. The van der Waals surface area contributed by atoms with Crippen LogP contribution in [0.15, 0.2) is 0 Å². The SMILES string of the molecule is CCCCCCCC(CCCCC)CCCCCCC. The maximum atomic E-state index is 2.32. The average Bonchev–Trinajstić information content (AvgIpc) is 2.46. The minimum absolute atomic E-state index is 1.05. The zero-order chi connectivity index (χ0) is 14.9. The molecule has 0 N–H and O–H groups in total. The van der Waals surface area contributed by atoms with E-state index in [1.165, 1.54) is 103 Å². The third-order valence-corrected chi connectivity index (χ3v) is 4.65. The van der Waals surface area contributed by atoms with E-state index in [2.05, 4.69) is 20.8 Å². The first-order valence-electron chi connectivity index (χ1n) is 9.85. The molecule has 0 amide bonds. The summed E-state index contributed by atoms with van der Waals surface area (Å²) in [4.78, 5) is 0. The fraction of sp³-hybridized carbons (Fsp3) is 1.00. The molecule has 0 saturated heterocycles. The first-order chi connectivity index (χ1) is 9.85. The van der Waals surface area contributed by atoms with Gasteiger partial charge in [-0.05, 0) is 5.92 Å². The lowest BCUT2D eigenvalue weighted by molar-refractivity contribution is 0.368. The molecule has 0 aliphatic carbocycles. The van der Waals surface area contributed by atoms with Gasteiger partial charge in [-0.2, -0.15) is 0 Å². The fourth-order valence-electron chi connectivity index (χ4n) is 3.19. The number of hydrogen-bond acceptors (Lipinski definition) is 0. The standard InChI is InChI=1S/C20H42/c1-4-7-10-12-15-18-20(17-14-9-6-3)19-16-13-11-8-5-2/h20H,4-19H2,1-3H3. The summed E-state index contributed by atoms with van der Waals surface area (Å²) in [6.07, 6.45) is 23.3. The third-order valence-electron chi connectivity index (χ3n) is 4.65. The van der Waals surface area contributed by atoms with Gasteiger partial charge in [0.25, 0.3) is 0 Å². The summed E-state index contributed by atoms with van der Waals surface area (Å²) >= 11 is 0. The molecule has 0 saturated carbocycles. The maximum absolute atomic E-state index is 2.32. The Morgan fingerprint density at radius 1 is 0.400 bits per heavy atom. The molecule has 0 aromatic rings. The molecule has 0 aromatic carbocycles. The van der Waals surface area contributed by atoms with Gasteiger partial charge in [-0.3, -0.25) is 0 Å². The molecule has 0 aromatic heterocycles.